The highest BCUT2D eigenvalue weighted by molar-refractivity contribution is 5.84. The Morgan fingerprint density at radius 3 is 2.63 bits per heavy atom. The van der Waals surface area contributed by atoms with Crippen molar-refractivity contribution in [2.24, 2.45) is 7.05 Å². The van der Waals surface area contributed by atoms with Crippen LogP contribution in [-0.2, 0) is 11.8 Å². The number of nitrogens with one attached hydrogen (secondary N) is 1. The molecule has 1 aromatic carbocycles. The third-order valence-electron chi connectivity index (χ3n) is 6.36. The van der Waals surface area contributed by atoms with E-state index in [1.54, 1.807) is 0 Å². The molecule has 0 spiro atoms. The van der Waals surface area contributed by atoms with Gasteiger partial charge >= 0.3 is 0 Å². The maximum absolute atomic E-state index is 11.5. The molecule has 2 fully saturated rings. The van der Waals surface area contributed by atoms with Gasteiger partial charge in [-0.3, -0.25) is 9.48 Å². The Morgan fingerprint density at radius 1 is 1.22 bits per heavy atom. The van der Waals surface area contributed by atoms with Crippen LogP contribution in [0.1, 0.15) is 62.6 Å². The summed E-state index contributed by atoms with van der Waals surface area (Å²) in [5, 5.41) is 18.7. The van der Waals surface area contributed by atoms with E-state index in [4.69, 9.17) is 5.10 Å². The number of hydrogen-bond donors (Lipinski definition) is 2. The lowest BCUT2D eigenvalue weighted by Crippen LogP contribution is -2.43. The minimum Gasteiger partial charge on any atom is -0.373 e. The predicted octanol–water partition coefficient (Wildman–Crippen LogP) is 2.47. The molecule has 1 amide bonds. The van der Waals surface area contributed by atoms with Crippen molar-refractivity contribution in [3.8, 4) is 0 Å². The van der Waals surface area contributed by atoms with Crippen LogP contribution in [0, 0.1) is 0 Å². The topological polar surface area (TPSA) is 70.4 Å². The number of carbonyl (C=O) groups excluding carboxylic acids is 1. The molecule has 2 unspecified atom stereocenters. The van der Waals surface area contributed by atoms with E-state index in [1.165, 1.54) is 18.4 Å². The Labute approximate surface area is 160 Å². The number of likely N-dealkylation sites (tertiary alicyclic amines) is 1. The largest absolute Gasteiger partial charge is 0.373 e. The van der Waals surface area contributed by atoms with E-state index in [2.05, 4.69) is 42.3 Å². The number of nitrogens with zero attached hydrogens (tertiary/aromatic N) is 3. The van der Waals surface area contributed by atoms with Crippen molar-refractivity contribution in [1.82, 2.24) is 20.0 Å². The van der Waals surface area contributed by atoms with Crippen LogP contribution in [0.2, 0.25) is 0 Å². The molecule has 27 heavy (non-hydrogen) atoms. The third-order valence-corrected chi connectivity index (χ3v) is 6.36. The summed E-state index contributed by atoms with van der Waals surface area (Å²) in [4.78, 5) is 14.1. The van der Waals surface area contributed by atoms with Crippen molar-refractivity contribution >= 4 is 16.8 Å². The van der Waals surface area contributed by atoms with Crippen molar-refractivity contribution in [2.75, 3.05) is 13.1 Å². The number of aryl methyl sites for hydroxylation is 1. The molecule has 3 heterocycles. The monoisotopic (exact) mass is 370 g/mol. The molecule has 2 aliphatic rings. The Hall–Kier alpha value is -1.92. The van der Waals surface area contributed by atoms with Crippen LogP contribution in [0.15, 0.2) is 18.2 Å². The minimum absolute atomic E-state index is 0.0889. The minimum atomic E-state index is -0.857. The molecule has 1 aromatic heterocycles. The molecular formula is C21H30N4O2. The van der Waals surface area contributed by atoms with E-state index >= 15 is 0 Å². The van der Waals surface area contributed by atoms with Gasteiger partial charge in [-0.15, -0.1) is 0 Å². The lowest BCUT2D eigenvalue weighted by atomic mass is 9.87. The number of piperidine rings is 2. The fourth-order valence-corrected chi connectivity index (χ4v) is 4.65. The van der Waals surface area contributed by atoms with Gasteiger partial charge in [-0.05, 0) is 63.7 Å². The number of rotatable bonds is 3. The first kappa shape index (κ1) is 18.4. The van der Waals surface area contributed by atoms with Gasteiger partial charge in [-0.1, -0.05) is 12.1 Å². The first-order valence-electron chi connectivity index (χ1n) is 10.1. The maximum Gasteiger partial charge on any atom is 0.222 e. The zero-order valence-electron chi connectivity index (χ0n) is 16.5. The number of aliphatic hydroxyl groups is 1. The molecule has 0 saturated carbocycles. The van der Waals surface area contributed by atoms with E-state index < -0.39 is 6.23 Å². The summed E-state index contributed by atoms with van der Waals surface area (Å²) < 4.78 is 1.92. The average Bonchev–Trinajstić information content (AvgIpc) is 2.98. The summed E-state index contributed by atoms with van der Waals surface area (Å²) in [6.45, 7) is 6.85. The number of hydrogen-bond acceptors (Lipinski definition) is 4. The van der Waals surface area contributed by atoms with Gasteiger partial charge < -0.3 is 15.3 Å². The second-order valence-electron chi connectivity index (χ2n) is 8.35. The highest BCUT2D eigenvalue weighted by atomic mass is 16.3. The van der Waals surface area contributed by atoms with Gasteiger partial charge in [0.1, 0.15) is 6.23 Å². The lowest BCUT2D eigenvalue weighted by molar-refractivity contribution is -0.127. The second kappa shape index (κ2) is 7.24. The standard InChI is InChI=1S/C21H30N4O2/c1-13(2)25-10-8-14(9-11-25)15-4-5-16-18(12-15)24(3)23-20(16)17-6-7-19(26)22-21(17)27/h4-5,12-14,17,21,27H,6-11H2,1-3H3,(H,22,26). The summed E-state index contributed by atoms with van der Waals surface area (Å²) >= 11 is 0. The molecule has 2 atom stereocenters. The molecule has 2 saturated heterocycles. The Bertz CT molecular complexity index is 836. The summed E-state index contributed by atoms with van der Waals surface area (Å²) in [5.41, 5.74) is 3.39. The molecular weight excluding hydrogens is 340 g/mol. The second-order valence-corrected chi connectivity index (χ2v) is 8.35. The number of carbonyl (C=O) groups is 1. The fraction of sp³-hybridized carbons (Fsp3) is 0.619. The normalized spacial score (nSPS) is 25.3. The number of amides is 1. The highest BCUT2D eigenvalue weighted by Gasteiger charge is 2.32. The number of benzene rings is 1. The van der Waals surface area contributed by atoms with Gasteiger partial charge in [-0.2, -0.15) is 5.10 Å². The van der Waals surface area contributed by atoms with E-state index in [1.807, 2.05) is 11.7 Å². The van der Waals surface area contributed by atoms with Crippen molar-refractivity contribution in [3.63, 3.8) is 0 Å². The van der Waals surface area contributed by atoms with Crippen molar-refractivity contribution in [2.45, 2.75) is 63.6 Å². The van der Waals surface area contributed by atoms with Crippen LogP contribution in [0.3, 0.4) is 0 Å². The summed E-state index contributed by atoms with van der Waals surface area (Å²) in [5.74, 6) is 0.364. The molecule has 4 rings (SSSR count). The van der Waals surface area contributed by atoms with Crippen LogP contribution in [0.4, 0.5) is 0 Å². The van der Waals surface area contributed by atoms with Crippen molar-refractivity contribution in [3.05, 3.63) is 29.5 Å². The van der Waals surface area contributed by atoms with Crippen LogP contribution in [0.5, 0.6) is 0 Å². The van der Waals surface area contributed by atoms with E-state index in [0.29, 0.717) is 24.8 Å². The van der Waals surface area contributed by atoms with Crippen LogP contribution >= 0.6 is 0 Å². The number of aromatic nitrogens is 2. The number of fused-ring (bicyclic) bond motifs is 1. The predicted molar refractivity (Wildman–Crippen MR) is 106 cm³/mol. The molecule has 6 heteroatoms. The van der Waals surface area contributed by atoms with Gasteiger partial charge in [0.05, 0.1) is 11.2 Å². The molecule has 0 radical (unpaired) electrons. The van der Waals surface area contributed by atoms with Crippen LogP contribution in [-0.4, -0.2) is 51.1 Å². The molecule has 2 aliphatic heterocycles. The van der Waals surface area contributed by atoms with Crippen LogP contribution < -0.4 is 5.32 Å². The first-order chi connectivity index (χ1) is 12.9. The van der Waals surface area contributed by atoms with Gasteiger partial charge in [0.25, 0.3) is 0 Å². The average molecular weight is 370 g/mol. The van der Waals surface area contributed by atoms with Gasteiger partial charge in [0.2, 0.25) is 5.91 Å². The quantitative estimate of drug-likeness (QED) is 0.871. The SMILES string of the molecule is CC(C)N1CCC(c2ccc3c(C4CCC(=O)NC4O)nn(C)c3c2)CC1. The zero-order chi connectivity index (χ0) is 19.1. The summed E-state index contributed by atoms with van der Waals surface area (Å²) in [6, 6.07) is 7.28. The molecule has 0 aliphatic carbocycles. The number of aliphatic hydroxyl groups excluding tert-OH is 1. The van der Waals surface area contributed by atoms with Gasteiger partial charge in [0.15, 0.2) is 0 Å². The zero-order valence-corrected chi connectivity index (χ0v) is 16.5. The maximum atomic E-state index is 11.5. The smallest absolute Gasteiger partial charge is 0.222 e. The Balaban J connectivity index is 1.59. The van der Waals surface area contributed by atoms with Crippen molar-refractivity contribution in [1.29, 1.82) is 0 Å². The summed E-state index contributed by atoms with van der Waals surface area (Å²) in [6.07, 6.45) is 2.61. The van der Waals surface area contributed by atoms with E-state index in [9.17, 15) is 9.90 Å². The molecule has 146 valence electrons. The third kappa shape index (κ3) is 3.48. The molecule has 6 nitrogen and oxygen atoms in total. The van der Waals surface area contributed by atoms with Crippen LogP contribution in [0.25, 0.3) is 10.9 Å². The van der Waals surface area contributed by atoms with Crippen molar-refractivity contribution < 1.29 is 9.90 Å². The highest BCUT2D eigenvalue weighted by Crippen LogP contribution is 2.35. The molecule has 2 aromatic rings. The fourth-order valence-electron chi connectivity index (χ4n) is 4.65. The van der Waals surface area contributed by atoms with Gasteiger partial charge in [-0.25, -0.2) is 0 Å². The Morgan fingerprint density at radius 2 is 1.96 bits per heavy atom. The van der Waals surface area contributed by atoms with E-state index in [-0.39, 0.29) is 11.8 Å². The molecule has 0 bridgehead atoms. The van der Waals surface area contributed by atoms with Gasteiger partial charge in [0, 0.05) is 30.8 Å². The summed E-state index contributed by atoms with van der Waals surface area (Å²) in [7, 11) is 1.96. The first-order valence-corrected chi connectivity index (χ1v) is 10.1. The van der Waals surface area contributed by atoms with E-state index in [0.717, 1.165) is 29.7 Å². The lowest BCUT2D eigenvalue weighted by Gasteiger charge is -2.34. The molecule has 2 N–H and O–H groups in total. The Kier molecular flexibility index (Phi) is 4.95.